The van der Waals surface area contributed by atoms with Gasteiger partial charge in [0.1, 0.15) is 0 Å². The number of aryl methyl sites for hydroxylation is 1. The lowest BCUT2D eigenvalue weighted by Gasteiger charge is -2.38. The first-order valence-electron chi connectivity index (χ1n) is 7.49. The molecule has 0 saturated carbocycles. The molecule has 2 atom stereocenters. The molecule has 2 rings (SSSR count). The first kappa shape index (κ1) is 16.1. The predicted octanol–water partition coefficient (Wildman–Crippen LogP) is 3.84. The van der Waals surface area contributed by atoms with Crippen LogP contribution < -0.4 is 10.2 Å². The lowest BCUT2D eigenvalue weighted by Crippen LogP contribution is -2.53. The third-order valence-electron chi connectivity index (χ3n) is 4.43. The Hall–Kier alpha value is -1.23. The number of piperazine rings is 1. The van der Waals surface area contributed by atoms with Gasteiger partial charge in [0.05, 0.1) is 5.56 Å². The van der Waals surface area contributed by atoms with E-state index in [9.17, 15) is 13.2 Å². The van der Waals surface area contributed by atoms with Crippen LogP contribution >= 0.6 is 0 Å². The van der Waals surface area contributed by atoms with E-state index in [-0.39, 0.29) is 5.56 Å². The number of alkyl halides is 3. The van der Waals surface area contributed by atoms with Crippen LogP contribution in [0.5, 0.6) is 0 Å². The number of benzene rings is 1. The van der Waals surface area contributed by atoms with Crippen LogP contribution in [0.3, 0.4) is 0 Å². The van der Waals surface area contributed by atoms with Gasteiger partial charge in [0.25, 0.3) is 0 Å². The summed E-state index contributed by atoms with van der Waals surface area (Å²) in [7, 11) is 0. The fraction of sp³-hybridized carbons (Fsp3) is 0.625. The quantitative estimate of drug-likeness (QED) is 0.912. The molecule has 0 amide bonds. The maximum absolute atomic E-state index is 13.0. The summed E-state index contributed by atoms with van der Waals surface area (Å²) in [5.74, 6) is 0.514. The van der Waals surface area contributed by atoms with Gasteiger partial charge in [0, 0.05) is 31.4 Å². The van der Waals surface area contributed by atoms with Gasteiger partial charge in [-0.2, -0.15) is 13.2 Å². The highest BCUT2D eigenvalue weighted by atomic mass is 19.4. The van der Waals surface area contributed by atoms with Crippen molar-refractivity contribution in [2.24, 2.45) is 5.92 Å². The third-order valence-corrected chi connectivity index (χ3v) is 4.43. The summed E-state index contributed by atoms with van der Waals surface area (Å²) in [6, 6.07) is 4.98. The van der Waals surface area contributed by atoms with Crippen LogP contribution in [0.4, 0.5) is 18.9 Å². The molecule has 1 heterocycles. The summed E-state index contributed by atoms with van der Waals surface area (Å²) in [4.78, 5) is 2.06. The smallest absolute Gasteiger partial charge is 0.369 e. The van der Waals surface area contributed by atoms with Gasteiger partial charge in [0.15, 0.2) is 0 Å². The largest absolute Gasteiger partial charge is 0.416 e. The Morgan fingerprint density at radius 2 is 2.10 bits per heavy atom. The molecular formula is C16H23F3N2. The Balaban J connectivity index is 2.22. The van der Waals surface area contributed by atoms with E-state index in [2.05, 4.69) is 24.1 Å². The van der Waals surface area contributed by atoms with E-state index in [4.69, 9.17) is 0 Å². The Morgan fingerprint density at radius 1 is 1.38 bits per heavy atom. The van der Waals surface area contributed by atoms with Gasteiger partial charge in [-0.1, -0.05) is 26.3 Å². The monoisotopic (exact) mass is 300 g/mol. The molecule has 1 aliphatic rings. The summed E-state index contributed by atoms with van der Waals surface area (Å²) < 4.78 is 39.1. The van der Waals surface area contributed by atoms with Crippen LogP contribution in [0.2, 0.25) is 0 Å². The molecule has 2 unspecified atom stereocenters. The van der Waals surface area contributed by atoms with Gasteiger partial charge in [0.2, 0.25) is 0 Å². The minimum Gasteiger partial charge on any atom is -0.369 e. The number of nitrogens with zero attached hydrogens (tertiary/aromatic N) is 1. The van der Waals surface area contributed by atoms with Gasteiger partial charge in [-0.05, 0) is 30.5 Å². The summed E-state index contributed by atoms with van der Waals surface area (Å²) in [6.45, 7) is 8.13. The van der Waals surface area contributed by atoms with Crippen molar-refractivity contribution in [2.45, 2.75) is 39.4 Å². The van der Waals surface area contributed by atoms with E-state index >= 15 is 0 Å². The summed E-state index contributed by atoms with van der Waals surface area (Å²) >= 11 is 0. The van der Waals surface area contributed by atoms with Crippen molar-refractivity contribution in [2.75, 3.05) is 24.5 Å². The number of hydrogen-bond acceptors (Lipinski definition) is 2. The van der Waals surface area contributed by atoms with Crippen LogP contribution in [0.15, 0.2) is 18.2 Å². The second kappa shape index (κ2) is 6.26. The van der Waals surface area contributed by atoms with Crippen LogP contribution in [-0.2, 0) is 6.18 Å². The first-order chi connectivity index (χ1) is 9.82. The van der Waals surface area contributed by atoms with E-state index < -0.39 is 11.7 Å². The van der Waals surface area contributed by atoms with Crippen molar-refractivity contribution in [3.8, 4) is 0 Å². The zero-order valence-corrected chi connectivity index (χ0v) is 12.8. The highest BCUT2D eigenvalue weighted by Crippen LogP contribution is 2.34. The van der Waals surface area contributed by atoms with Crippen LogP contribution in [0.1, 0.15) is 31.4 Å². The van der Waals surface area contributed by atoms with E-state index in [0.717, 1.165) is 26.1 Å². The summed E-state index contributed by atoms with van der Waals surface area (Å²) in [5.41, 5.74) is 0.418. The average Bonchev–Trinajstić information content (AvgIpc) is 2.46. The lowest BCUT2D eigenvalue weighted by atomic mass is 9.96. The maximum Gasteiger partial charge on any atom is 0.416 e. The molecule has 118 valence electrons. The van der Waals surface area contributed by atoms with Crippen LogP contribution in [-0.4, -0.2) is 25.7 Å². The molecule has 0 radical (unpaired) electrons. The summed E-state index contributed by atoms with van der Waals surface area (Å²) in [6.07, 6.45) is -3.22. The average molecular weight is 300 g/mol. The third kappa shape index (κ3) is 3.70. The molecule has 1 N–H and O–H groups in total. The normalized spacial score (nSPS) is 21.4. The highest BCUT2D eigenvalue weighted by Gasteiger charge is 2.33. The van der Waals surface area contributed by atoms with Crippen molar-refractivity contribution in [1.82, 2.24) is 5.32 Å². The van der Waals surface area contributed by atoms with Crippen LogP contribution in [0.25, 0.3) is 0 Å². The first-order valence-corrected chi connectivity index (χ1v) is 7.49. The molecule has 0 aromatic heterocycles. The zero-order chi connectivity index (χ0) is 15.6. The Labute approximate surface area is 124 Å². The van der Waals surface area contributed by atoms with Crippen molar-refractivity contribution in [3.63, 3.8) is 0 Å². The number of halogens is 3. The van der Waals surface area contributed by atoms with E-state index in [1.165, 1.54) is 13.0 Å². The van der Waals surface area contributed by atoms with Gasteiger partial charge in [-0.25, -0.2) is 0 Å². The molecule has 1 aromatic carbocycles. The Kier molecular flexibility index (Phi) is 4.81. The molecule has 5 heteroatoms. The number of rotatable bonds is 3. The van der Waals surface area contributed by atoms with E-state index in [1.807, 2.05) is 0 Å². The standard InChI is InChI=1S/C16H23F3N2/c1-4-11(2)15-10-21(8-7-20-15)13-6-5-12(3)14(9-13)16(17,18)19/h5-6,9,11,15,20H,4,7-8,10H2,1-3H3. The molecule has 0 aliphatic carbocycles. The van der Waals surface area contributed by atoms with Crippen molar-refractivity contribution in [1.29, 1.82) is 0 Å². The van der Waals surface area contributed by atoms with Crippen molar-refractivity contribution < 1.29 is 13.2 Å². The van der Waals surface area contributed by atoms with Crippen molar-refractivity contribution >= 4 is 5.69 Å². The van der Waals surface area contributed by atoms with Gasteiger partial charge >= 0.3 is 6.18 Å². The topological polar surface area (TPSA) is 15.3 Å². The molecule has 1 aromatic rings. The van der Waals surface area contributed by atoms with Crippen molar-refractivity contribution in [3.05, 3.63) is 29.3 Å². The number of anilines is 1. The summed E-state index contributed by atoms with van der Waals surface area (Å²) in [5, 5.41) is 3.46. The number of nitrogens with one attached hydrogen (secondary N) is 1. The van der Waals surface area contributed by atoms with E-state index in [0.29, 0.717) is 17.6 Å². The molecule has 0 spiro atoms. The molecular weight excluding hydrogens is 277 g/mol. The second-order valence-corrected chi connectivity index (χ2v) is 5.89. The fourth-order valence-corrected chi connectivity index (χ4v) is 2.79. The predicted molar refractivity (Wildman–Crippen MR) is 79.6 cm³/mol. The molecule has 1 saturated heterocycles. The fourth-order valence-electron chi connectivity index (χ4n) is 2.79. The van der Waals surface area contributed by atoms with Gasteiger partial charge < -0.3 is 10.2 Å². The minimum absolute atomic E-state index is 0.278. The Morgan fingerprint density at radius 3 is 2.71 bits per heavy atom. The molecule has 1 aliphatic heterocycles. The van der Waals surface area contributed by atoms with Gasteiger partial charge in [-0.15, -0.1) is 0 Å². The zero-order valence-electron chi connectivity index (χ0n) is 12.8. The lowest BCUT2D eigenvalue weighted by molar-refractivity contribution is -0.138. The molecule has 2 nitrogen and oxygen atoms in total. The second-order valence-electron chi connectivity index (χ2n) is 5.89. The van der Waals surface area contributed by atoms with E-state index in [1.54, 1.807) is 12.1 Å². The molecule has 0 bridgehead atoms. The Bertz CT molecular complexity index is 485. The SMILES string of the molecule is CCC(C)C1CN(c2ccc(C)c(C(F)(F)F)c2)CCN1. The molecule has 1 fully saturated rings. The minimum atomic E-state index is -4.29. The molecule has 21 heavy (non-hydrogen) atoms. The van der Waals surface area contributed by atoms with Gasteiger partial charge in [-0.3, -0.25) is 0 Å². The van der Waals surface area contributed by atoms with Crippen LogP contribution in [0, 0.1) is 12.8 Å². The maximum atomic E-state index is 13.0. The number of hydrogen-bond donors (Lipinski definition) is 1. The highest BCUT2D eigenvalue weighted by molar-refractivity contribution is 5.52.